The summed E-state index contributed by atoms with van der Waals surface area (Å²) in [5.74, 6) is -0.341. The number of carbonyl (C=O) groups excluding carboxylic acids is 1. The lowest BCUT2D eigenvalue weighted by molar-refractivity contribution is -0.0611. The van der Waals surface area contributed by atoms with E-state index in [1.807, 2.05) is 13.8 Å². The molecule has 1 fully saturated rings. The van der Waals surface area contributed by atoms with Crippen LogP contribution in [0.25, 0.3) is 0 Å². The fourth-order valence-electron chi connectivity index (χ4n) is 2.57. The van der Waals surface area contributed by atoms with Gasteiger partial charge in [-0.1, -0.05) is 13.8 Å². The number of hydrogen-bond donors (Lipinski definition) is 0. The molecule has 158 valence electrons. The average Bonchev–Trinajstić information content (AvgIpc) is 2.58. The van der Waals surface area contributed by atoms with Crippen LogP contribution >= 0.6 is 0 Å². The number of amides is 1. The Kier molecular flexibility index (Phi) is 10.5. The van der Waals surface area contributed by atoms with Crippen LogP contribution in [-0.2, 0) is 9.47 Å². The quantitative estimate of drug-likeness (QED) is 0.486. The molecule has 0 aromatic heterocycles. The lowest BCUT2D eigenvalue weighted by Crippen LogP contribution is -2.44. The van der Waals surface area contributed by atoms with Gasteiger partial charge >= 0.3 is 12.3 Å². The van der Waals surface area contributed by atoms with Crippen molar-refractivity contribution in [2.24, 2.45) is 10.9 Å². The van der Waals surface area contributed by atoms with Crippen LogP contribution in [-0.4, -0.2) is 55.2 Å². The Bertz CT molecular complexity index is 523. The Hall–Kier alpha value is -1.73. The smallest absolute Gasteiger partial charge is 0.436 e. The third-order valence-electron chi connectivity index (χ3n) is 3.63. The van der Waals surface area contributed by atoms with Crippen molar-refractivity contribution in [3.8, 4) is 0 Å². The van der Waals surface area contributed by atoms with E-state index in [9.17, 15) is 18.0 Å². The Balaban J connectivity index is 0.00000326. The van der Waals surface area contributed by atoms with E-state index in [2.05, 4.69) is 4.99 Å². The minimum absolute atomic E-state index is 0.0532. The molecule has 0 aromatic carbocycles. The third kappa shape index (κ3) is 9.15. The molecule has 0 bridgehead atoms. The molecule has 27 heavy (non-hydrogen) atoms. The minimum Gasteiger partial charge on any atom is -0.491 e. The van der Waals surface area contributed by atoms with Crippen molar-refractivity contribution in [1.29, 1.82) is 0 Å². The van der Waals surface area contributed by atoms with Crippen LogP contribution in [0.15, 0.2) is 16.8 Å². The summed E-state index contributed by atoms with van der Waals surface area (Å²) in [6.07, 6.45) is -2.18. The number of allylic oxidation sites excluding steroid dienone is 2. The summed E-state index contributed by atoms with van der Waals surface area (Å²) in [6.45, 7) is 11.9. The molecule has 8 heteroatoms. The van der Waals surface area contributed by atoms with Crippen molar-refractivity contribution in [2.45, 2.75) is 66.2 Å². The number of nitrogens with zero attached hydrogens (tertiary/aromatic N) is 2. The molecular formula is C19H33F3N2O3. The van der Waals surface area contributed by atoms with Crippen molar-refractivity contribution in [3.63, 3.8) is 0 Å². The van der Waals surface area contributed by atoms with E-state index in [1.54, 1.807) is 25.7 Å². The molecule has 0 aliphatic carbocycles. The lowest BCUT2D eigenvalue weighted by atomic mass is 9.99. The third-order valence-corrected chi connectivity index (χ3v) is 3.63. The van der Waals surface area contributed by atoms with Gasteiger partial charge in [-0.25, -0.2) is 4.79 Å². The molecular weight excluding hydrogens is 361 g/mol. The molecule has 1 rings (SSSR count). The number of halogens is 3. The Morgan fingerprint density at radius 1 is 1.26 bits per heavy atom. The van der Waals surface area contributed by atoms with Crippen LogP contribution in [0.5, 0.6) is 0 Å². The van der Waals surface area contributed by atoms with Gasteiger partial charge in [0, 0.05) is 26.1 Å². The average molecular weight is 394 g/mol. The zero-order valence-corrected chi connectivity index (χ0v) is 17.4. The first-order valence-electron chi connectivity index (χ1n) is 9.29. The molecule has 1 aliphatic rings. The van der Waals surface area contributed by atoms with Crippen molar-refractivity contribution < 1.29 is 27.4 Å². The highest BCUT2D eigenvalue weighted by atomic mass is 19.4. The molecule has 1 atom stereocenters. The largest absolute Gasteiger partial charge is 0.491 e. The molecule has 1 saturated heterocycles. The number of carbonyl (C=O) groups is 1. The van der Waals surface area contributed by atoms with Gasteiger partial charge in [0.2, 0.25) is 0 Å². The summed E-state index contributed by atoms with van der Waals surface area (Å²) in [6, 6.07) is 0. The topological polar surface area (TPSA) is 51.1 Å². The molecule has 0 radical (unpaired) electrons. The van der Waals surface area contributed by atoms with Gasteiger partial charge in [-0.3, -0.25) is 4.99 Å². The van der Waals surface area contributed by atoms with Crippen molar-refractivity contribution in [3.05, 3.63) is 11.8 Å². The Labute approximate surface area is 160 Å². The highest BCUT2D eigenvalue weighted by Gasteiger charge is 2.39. The summed E-state index contributed by atoms with van der Waals surface area (Å²) >= 11 is 0. The number of piperidine rings is 1. The van der Waals surface area contributed by atoms with E-state index in [1.165, 1.54) is 13.0 Å². The Morgan fingerprint density at radius 3 is 2.30 bits per heavy atom. The van der Waals surface area contributed by atoms with E-state index in [0.717, 1.165) is 19.9 Å². The number of likely N-dealkylation sites (tertiary alicyclic amines) is 1. The highest BCUT2D eigenvalue weighted by molar-refractivity contribution is 6.02. The highest BCUT2D eigenvalue weighted by Crippen LogP contribution is 2.25. The van der Waals surface area contributed by atoms with E-state index in [4.69, 9.17) is 9.47 Å². The van der Waals surface area contributed by atoms with Crippen LogP contribution < -0.4 is 0 Å². The maximum Gasteiger partial charge on any atom is 0.436 e. The molecule has 1 heterocycles. The second-order valence-electron chi connectivity index (χ2n) is 6.97. The summed E-state index contributed by atoms with van der Waals surface area (Å²) in [5, 5.41) is 0. The molecule has 0 spiro atoms. The van der Waals surface area contributed by atoms with Gasteiger partial charge in [-0.05, 0) is 46.6 Å². The van der Waals surface area contributed by atoms with Crippen LogP contribution in [0.3, 0.4) is 0 Å². The van der Waals surface area contributed by atoms with Crippen LogP contribution in [0.4, 0.5) is 18.0 Å². The molecule has 1 unspecified atom stereocenters. The zero-order chi connectivity index (χ0) is 21.3. The molecule has 0 saturated carbocycles. The van der Waals surface area contributed by atoms with Crippen LogP contribution in [0.2, 0.25) is 0 Å². The summed E-state index contributed by atoms with van der Waals surface area (Å²) in [5.41, 5.74) is -1.62. The first-order chi connectivity index (χ1) is 12.5. The monoisotopic (exact) mass is 394 g/mol. The van der Waals surface area contributed by atoms with Crippen LogP contribution in [0.1, 0.15) is 54.4 Å². The molecule has 0 aromatic rings. The molecule has 1 aliphatic heterocycles. The normalized spacial score (nSPS) is 19.2. The number of rotatable bonds is 4. The maximum atomic E-state index is 12.9. The molecule has 1 amide bonds. The Morgan fingerprint density at radius 2 is 1.85 bits per heavy atom. The van der Waals surface area contributed by atoms with E-state index < -0.39 is 23.6 Å². The standard InChI is InChI=1S/C17H27F3N2O3.C2H6/c1-6-13(14(21-5)17(18,19)20)24-11-12-8-7-9-22(10-12)15(23)25-16(2,3)4;1-2/h6,12H,7-11H2,1-5H3;1-2H3/b13-6+,21-14?;. The fraction of sp³-hybridized carbons (Fsp3) is 0.789. The van der Waals surface area contributed by atoms with E-state index in [-0.39, 0.29) is 18.3 Å². The van der Waals surface area contributed by atoms with Gasteiger partial charge in [-0.2, -0.15) is 13.2 Å². The van der Waals surface area contributed by atoms with Gasteiger partial charge in [0.25, 0.3) is 0 Å². The predicted molar refractivity (Wildman–Crippen MR) is 101 cm³/mol. The van der Waals surface area contributed by atoms with Crippen molar-refractivity contribution >= 4 is 11.8 Å². The number of hydrogen-bond acceptors (Lipinski definition) is 4. The predicted octanol–water partition coefficient (Wildman–Crippen LogP) is 5.21. The van der Waals surface area contributed by atoms with Crippen LogP contribution in [0, 0.1) is 5.92 Å². The SMILES string of the molecule is C/C=C(/OCC1CCCN(C(=O)OC(C)(C)C)C1)C(=NC)C(F)(F)F.CC. The van der Waals surface area contributed by atoms with Gasteiger partial charge < -0.3 is 14.4 Å². The number of alkyl halides is 3. The summed E-state index contributed by atoms with van der Waals surface area (Å²) < 4.78 is 49.5. The van der Waals surface area contributed by atoms with Gasteiger partial charge in [0.05, 0.1) is 6.61 Å². The first-order valence-corrected chi connectivity index (χ1v) is 9.29. The van der Waals surface area contributed by atoms with Crippen molar-refractivity contribution in [2.75, 3.05) is 26.7 Å². The van der Waals surface area contributed by atoms with Gasteiger partial charge in [-0.15, -0.1) is 0 Å². The maximum absolute atomic E-state index is 12.9. The number of aliphatic imine (C=N–C) groups is 1. The molecule has 5 nitrogen and oxygen atoms in total. The van der Waals surface area contributed by atoms with Gasteiger partial charge in [0.1, 0.15) is 11.4 Å². The van der Waals surface area contributed by atoms with Gasteiger partial charge in [0.15, 0.2) is 5.71 Å². The second-order valence-corrected chi connectivity index (χ2v) is 6.97. The summed E-state index contributed by atoms with van der Waals surface area (Å²) in [7, 11) is 1.08. The number of ether oxygens (including phenoxy) is 2. The van der Waals surface area contributed by atoms with Crippen molar-refractivity contribution in [1.82, 2.24) is 4.90 Å². The lowest BCUT2D eigenvalue weighted by Gasteiger charge is -2.34. The fourth-order valence-corrected chi connectivity index (χ4v) is 2.57. The van der Waals surface area contributed by atoms with E-state index in [0.29, 0.717) is 13.1 Å². The second kappa shape index (κ2) is 11.2. The summed E-state index contributed by atoms with van der Waals surface area (Å²) in [4.78, 5) is 17.0. The van der Waals surface area contributed by atoms with E-state index >= 15 is 0 Å². The first kappa shape index (κ1) is 25.3. The zero-order valence-electron chi connectivity index (χ0n) is 17.4. The molecule has 0 N–H and O–H groups in total. The minimum atomic E-state index is -4.56.